The van der Waals surface area contributed by atoms with Gasteiger partial charge in [-0.1, -0.05) is 23.2 Å². The molecule has 2 aromatic heterocycles. The number of β-amino-alcohol motifs (C(OH)–C–C–N with tert-alkyl or cyclic N) is 1. The number of nitrogens with zero attached hydrogens (tertiary/aromatic N) is 4. The molecule has 3 aromatic rings. The summed E-state index contributed by atoms with van der Waals surface area (Å²) in [6, 6.07) is 8.41. The third-order valence-electron chi connectivity index (χ3n) is 5.42. The summed E-state index contributed by atoms with van der Waals surface area (Å²) >= 11 is 12.2. The van der Waals surface area contributed by atoms with Crippen LogP contribution in [0.4, 0.5) is 15.9 Å². The van der Waals surface area contributed by atoms with Crippen LogP contribution in [0, 0.1) is 22.7 Å². The van der Waals surface area contributed by atoms with Gasteiger partial charge in [0.2, 0.25) is 5.95 Å². The van der Waals surface area contributed by atoms with Crippen molar-refractivity contribution in [2.24, 2.45) is 0 Å². The first kappa shape index (κ1) is 23.7. The van der Waals surface area contributed by atoms with Crippen LogP contribution in [0.3, 0.4) is 0 Å². The van der Waals surface area contributed by atoms with E-state index in [0.29, 0.717) is 41.5 Å². The topological polar surface area (TPSA) is 132 Å². The van der Waals surface area contributed by atoms with Crippen molar-refractivity contribution < 1.29 is 14.2 Å². The smallest absolute Gasteiger partial charge is 0.232 e. The van der Waals surface area contributed by atoms with Gasteiger partial charge in [-0.15, -0.1) is 0 Å². The number of ether oxygens (including phenoxy) is 1. The molecule has 34 heavy (non-hydrogen) atoms. The first-order valence-electron chi connectivity index (χ1n) is 10.2. The second-order valence-electron chi connectivity index (χ2n) is 7.77. The van der Waals surface area contributed by atoms with E-state index in [0.717, 1.165) is 6.20 Å². The number of aliphatic hydroxyl groups excluding tert-OH is 1. The van der Waals surface area contributed by atoms with Gasteiger partial charge in [0.1, 0.15) is 28.8 Å². The maximum atomic E-state index is 13.8. The Morgan fingerprint density at radius 1 is 1.32 bits per heavy atom. The molecule has 4 N–H and O–H groups in total. The van der Waals surface area contributed by atoms with Crippen LogP contribution in [0.15, 0.2) is 36.7 Å². The van der Waals surface area contributed by atoms with E-state index >= 15 is 0 Å². The number of benzene rings is 1. The number of pyridine rings is 2. The molecule has 1 atom stereocenters. The van der Waals surface area contributed by atoms with Crippen LogP contribution in [-0.2, 0) is 0 Å². The summed E-state index contributed by atoms with van der Waals surface area (Å²) in [6.07, 6.45) is 1.48. The van der Waals surface area contributed by atoms with Crippen LogP contribution in [0.25, 0.3) is 0 Å². The standard InChI is InChI=1S/C23H19Cl2FN6O2/c1-11(19-17(24)8-30-22(26)20(19)25)34-15-2-3-18(28)16(5-15)21(29)13-4-12(6-27)23(31-7-13)32-9-14(33)10-32/h2-5,7-8,11,14,29,33H,9-10,28H2,1H3/t11-/m0/s1. The highest BCUT2D eigenvalue weighted by molar-refractivity contribution is 6.35. The third kappa shape index (κ3) is 4.48. The minimum atomic E-state index is -0.853. The Morgan fingerprint density at radius 2 is 2.06 bits per heavy atom. The van der Waals surface area contributed by atoms with Gasteiger partial charge in [-0.3, -0.25) is 5.41 Å². The molecule has 0 aliphatic carbocycles. The van der Waals surface area contributed by atoms with Crippen LogP contribution < -0.4 is 15.4 Å². The Kier molecular flexibility index (Phi) is 6.57. The van der Waals surface area contributed by atoms with E-state index in [2.05, 4.69) is 16.0 Å². The summed E-state index contributed by atoms with van der Waals surface area (Å²) in [5.41, 5.74) is 7.77. The van der Waals surface area contributed by atoms with Crippen LogP contribution in [-0.4, -0.2) is 40.0 Å². The van der Waals surface area contributed by atoms with Crippen LogP contribution in [0.1, 0.15) is 35.3 Å². The first-order chi connectivity index (χ1) is 16.2. The number of nitrogens with one attached hydrogen (secondary N) is 1. The molecule has 0 amide bonds. The van der Waals surface area contributed by atoms with Gasteiger partial charge < -0.3 is 20.5 Å². The molecule has 0 radical (unpaired) electrons. The molecule has 0 unspecified atom stereocenters. The van der Waals surface area contributed by atoms with E-state index < -0.39 is 18.2 Å². The maximum Gasteiger partial charge on any atom is 0.232 e. The molecule has 0 bridgehead atoms. The predicted octanol–water partition coefficient (Wildman–Crippen LogP) is 4.11. The van der Waals surface area contributed by atoms with Crippen molar-refractivity contribution in [3.05, 3.63) is 74.9 Å². The summed E-state index contributed by atoms with van der Waals surface area (Å²) in [7, 11) is 0. The number of anilines is 2. The fourth-order valence-corrected chi connectivity index (χ4v) is 4.28. The summed E-state index contributed by atoms with van der Waals surface area (Å²) in [6.45, 7) is 2.46. The summed E-state index contributed by atoms with van der Waals surface area (Å²) in [5.74, 6) is -0.0414. The number of nitrogen functional groups attached to an aromatic ring is 1. The van der Waals surface area contributed by atoms with E-state index in [4.69, 9.17) is 39.1 Å². The van der Waals surface area contributed by atoms with Crippen LogP contribution >= 0.6 is 23.2 Å². The van der Waals surface area contributed by atoms with Gasteiger partial charge in [0, 0.05) is 47.9 Å². The molecule has 1 aliphatic heterocycles. The van der Waals surface area contributed by atoms with Crippen molar-refractivity contribution in [3.63, 3.8) is 0 Å². The predicted molar refractivity (Wildman–Crippen MR) is 127 cm³/mol. The Hall–Kier alpha value is -3.45. The molecule has 1 aromatic carbocycles. The number of aliphatic hydroxyl groups is 1. The Bertz CT molecular complexity index is 1320. The zero-order chi connectivity index (χ0) is 24.6. The minimum Gasteiger partial charge on any atom is -0.486 e. The van der Waals surface area contributed by atoms with Crippen molar-refractivity contribution in [1.82, 2.24) is 9.97 Å². The van der Waals surface area contributed by atoms with Gasteiger partial charge in [0.25, 0.3) is 0 Å². The number of rotatable bonds is 6. The number of hydrogen-bond acceptors (Lipinski definition) is 8. The number of nitrogens with two attached hydrogens (primary N) is 1. The highest BCUT2D eigenvalue weighted by atomic mass is 35.5. The van der Waals surface area contributed by atoms with Gasteiger partial charge in [0.15, 0.2) is 0 Å². The molecule has 3 heterocycles. The average molecular weight is 501 g/mol. The lowest BCUT2D eigenvalue weighted by Gasteiger charge is -2.37. The zero-order valence-electron chi connectivity index (χ0n) is 17.9. The molecule has 11 heteroatoms. The number of nitriles is 1. The molecular weight excluding hydrogens is 482 g/mol. The minimum absolute atomic E-state index is 0.0424. The first-order valence-corrected chi connectivity index (χ1v) is 10.9. The molecule has 0 saturated carbocycles. The van der Waals surface area contributed by atoms with E-state index in [1.807, 2.05) is 0 Å². The lowest BCUT2D eigenvalue weighted by Crippen LogP contribution is -2.51. The number of aromatic nitrogens is 2. The lowest BCUT2D eigenvalue weighted by atomic mass is 10.00. The van der Waals surface area contributed by atoms with Gasteiger partial charge in [-0.2, -0.15) is 9.65 Å². The fraction of sp³-hybridized carbons (Fsp3) is 0.217. The Labute approximate surface area is 204 Å². The second-order valence-corrected chi connectivity index (χ2v) is 8.56. The zero-order valence-corrected chi connectivity index (χ0v) is 19.4. The number of halogens is 3. The molecule has 1 saturated heterocycles. The second kappa shape index (κ2) is 9.43. The molecule has 4 rings (SSSR count). The van der Waals surface area contributed by atoms with Gasteiger partial charge >= 0.3 is 0 Å². The Morgan fingerprint density at radius 3 is 2.74 bits per heavy atom. The van der Waals surface area contributed by atoms with Crippen molar-refractivity contribution in [2.75, 3.05) is 23.7 Å². The third-order valence-corrected chi connectivity index (χ3v) is 6.08. The fourth-order valence-electron chi connectivity index (χ4n) is 3.63. The normalized spacial score (nSPS) is 14.3. The van der Waals surface area contributed by atoms with Crippen molar-refractivity contribution in [2.45, 2.75) is 19.1 Å². The van der Waals surface area contributed by atoms with Gasteiger partial charge in [-0.25, -0.2) is 9.97 Å². The highest BCUT2D eigenvalue weighted by Gasteiger charge is 2.28. The molecule has 0 spiro atoms. The Balaban J connectivity index is 1.61. The molecule has 174 valence electrons. The van der Waals surface area contributed by atoms with Crippen molar-refractivity contribution >= 4 is 40.4 Å². The van der Waals surface area contributed by atoms with E-state index in [-0.39, 0.29) is 26.9 Å². The van der Waals surface area contributed by atoms with Gasteiger partial charge in [0.05, 0.1) is 22.4 Å². The lowest BCUT2D eigenvalue weighted by molar-refractivity contribution is 0.141. The van der Waals surface area contributed by atoms with Crippen LogP contribution in [0.5, 0.6) is 5.75 Å². The van der Waals surface area contributed by atoms with Crippen molar-refractivity contribution in [1.29, 1.82) is 10.7 Å². The number of hydrogen-bond donors (Lipinski definition) is 3. The monoisotopic (exact) mass is 500 g/mol. The van der Waals surface area contributed by atoms with Gasteiger partial charge in [-0.05, 0) is 31.2 Å². The average Bonchev–Trinajstić information content (AvgIpc) is 2.80. The molecule has 8 nitrogen and oxygen atoms in total. The summed E-state index contributed by atoms with van der Waals surface area (Å²) < 4.78 is 19.7. The largest absolute Gasteiger partial charge is 0.486 e. The SMILES string of the molecule is C[C@H](Oc1ccc(N)c(C(=N)c2cnc(N3CC(O)C3)c(C#N)c2)c1)c1c(Cl)cnc(F)c1Cl. The maximum absolute atomic E-state index is 13.8. The molecule has 1 aliphatic rings. The summed E-state index contributed by atoms with van der Waals surface area (Å²) in [4.78, 5) is 9.60. The molecular formula is C23H19Cl2FN6O2. The van der Waals surface area contributed by atoms with E-state index in [1.54, 1.807) is 36.1 Å². The summed E-state index contributed by atoms with van der Waals surface area (Å²) in [5, 5.41) is 27.7. The van der Waals surface area contributed by atoms with Crippen LogP contribution in [0.2, 0.25) is 10.0 Å². The van der Waals surface area contributed by atoms with E-state index in [1.165, 1.54) is 6.20 Å². The highest BCUT2D eigenvalue weighted by Crippen LogP contribution is 2.35. The quantitative estimate of drug-likeness (QED) is 0.263. The van der Waals surface area contributed by atoms with E-state index in [9.17, 15) is 14.8 Å². The van der Waals surface area contributed by atoms with Crippen molar-refractivity contribution in [3.8, 4) is 11.8 Å². The molecule has 1 fully saturated rings.